The summed E-state index contributed by atoms with van der Waals surface area (Å²) in [5.74, 6) is 3.46. The van der Waals surface area contributed by atoms with Crippen LogP contribution in [0.1, 0.15) is 75.8 Å². The van der Waals surface area contributed by atoms with Crippen molar-refractivity contribution in [1.82, 2.24) is 5.01 Å². The summed E-state index contributed by atoms with van der Waals surface area (Å²) in [6.45, 7) is 9.62. The molecule has 0 spiro atoms. The number of anilines is 1. The Morgan fingerprint density at radius 3 is 2.23 bits per heavy atom. The number of nitrogens with two attached hydrogens (primary N) is 1. The van der Waals surface area contributed by atoms with E-state index in [2.05, 4.69) is 56.0 Å². The van der Waals surface area contributed by atoms with Crippen LogP contribution in [0.2, 0.25) is 0 Å². The molecule has 0 bridgehead atoms. The second-order valence-corrected chi connectivity index (χ2v) is 16.6. The van der Waals surface area contributed by atoms with Crippen LogP contribution in [0.25, 0.3) is 11.1 Å². The van der Waals surface area contributed by atoms with E-state index in [1.807, 2.05) is 59.8 Å². The van der Waals surface area contributed by atoms with Crippen LogP contribution in [0.3, 0.4) is 0 Å². The minimum absolute atomic E-state index is 0.210. The summed E-state index contributed by atoms with van der Waals surface area (Å²) >= 11 is 1.65. The average molecular weight is 896 g/mol. The number of benzene rings is 4. The fraction of sp³-hybridized carbons (Fsp3) is 0.442. The van der Waals surface area contributed by atoms with Gasteiger partial charge in [-0.25, -0.2) is 4.79 Å². The number of nitrogen functional groups attached to an aromatic ring is 1. The maximum absolute atomic E-state index is 11.2. The van der Waals surface area contributed by atoms with Crippen LogP contribution in [-0.2, 0) is 30.2 Å². The Balaban J connectivity index is 0.000000376. The zero-order valence-corrected chi connectivity index (χ0v) is 38.9. The van der Waals surface area contributed by atoms with Gasteiger partial charge in [0.25, 0.3) is 0 Å². The van der Waals surface area contributed by atoms with Gasteiger partial charge < -0.3 is 38.9 Å². The lowest BCUT2D eigenvalue weighted by molar-refractivity contribution is -0.137. The van der Waals surface area contributed by atoms with E-state index in [1.165, 1.54) is 11.6 Å². The number of nitrogens with zero attached hydrogens (tertiary/aromatic N) is 2. The molecule has 0 unspecified atom stereocenters. The van der Waals surface area contributed by atoms with Crippen LogP contribution in [0.4, 0.5) is 5.69 Å². The number of hydrazone groups is 1. The summed E-state index contributed by atoms with van der Waals surface area (Å²) in [7, 11) is 3.31. The molecule has 2 N–H and O–H groups in total. The number of carbonyl (C=O) groups excluding carboxylic acids is 2. The van der Waals surface area contributed by atoms with Crippen molar-refractivity contribution in [2.75, 3.05) is 72.0 Å². The van der Waals surface area contributed by atoms with Gasteiger partial charge in [-0.2, -0.15) is 5.10 Å². The van der Waals surface area contributed by atoms with Crippen LogP contribution in [-0.4, -0.2) is 89.8 Å². The minimum atomic E-state index is -0.354. The minimum Gasteiger partial charge on any atom is -0.497 e. The van der Waals surface area contributed by atoms with Gasteiger partial charge in [-0.05, 0) is 129 Å². The number of para-hydroxylation sites is 1. The van der Waals surface area contributed by atoms with Gasteiger partial charge in [-0.3, -0.25) is 5.01 Å². The molecule has 0 amide bonds. The Labute approximate surface area is 385 Å². The molecular formula is C52H69N3O8S. The van der Waals surface area contributed by atoms with Gasteiger partial charge >= 0.3 is 5.97 Å². The fourth-order valence-corrected chi connectivity index (χ4v) is 7.86. The maximum Gasteiger partial charge on any atom is 0.330 e. The summed E-state index contributed by atoms with van der Waals surface area (Å²) in [5.41, 5.74) is 11.5. The van der Waals surface area contributed by atoms with E-state index in [0.29, 0.717) is 58.0 Å². The zero-order valence-electron chi connectivity index (χ0n) is 38.1. The molecule has 1 fully saturated rings. The van der Waals surface area contributed by atoms with Gasteiger partial charge in [0, 0.05) is 35.3 Å². The molecule has 0 saturated heterocycles. The number of carbonyl (C=O) groups is 2. The Hall–Kier alpha value is -5.30. The van der Waals surface area contributed by atoms with E-state index < -0.39 is 0 Å². The number of unbranched alkanes of at least 4 members (excludes halogenated alkanes) is 3. The highest BCUT2D eigenvalue weighted by atomic mass is 32.2. The zero-order chi connectivity index (χ0) is 45.6. The van der Waals surface area contributed by atoms with Gasteiger partial charge in [0.1, 0.15) is 23.5 Å². The highest BCUT2D eigenvalue weighted by Crippen LogP contribution is 2.31. The van der Waals surface area contributed by atoms with Crippen LogP contribution in [0.15, 0.2) is 114 Å². The number of ether oxygens (including phenoxy) is 6. The Morgan fingerprint density at radius 1 is 0.828 bits per heavy atom. The van der Waals surface area contributed by atoms with Gasteiger partial charge in [-0.1, -0.05) is 62.4 Å². The molecule has 5 rings (SSSR count). The lowest BCUT2D eigenvalue weighted by atomic mass is 9.83. The van der Waals surface area contributed by atoms with Gasteiger partial charge in [0.05, 0.1) is 65.4 Å². The average Bonchev–Trinajstić information content (AvgIpc) is 3.33. The summed E-state index contributed by atoms with van der Waals surface area (Å²) < 4.78 is 32.8. The first-order valence-corrected chi connectivity index (χ1v) is 23.5. The first-order valence-electron chi connectivity index (χ1n) is 22.6. The Kier molecular flexibility index (Phi) is 24.6. The third-order valence-electron chi connectivity index (χ3n) is 10.7. The van der Waals surface area contributed by atoms with Crippen LogP contribution < -0.4 is 19.9 Å². The molecule has 0 atom stereocenters. The predicted octanol–water partition coefficient (Wildman–Crippen LogP) is 10.7. The lowest BCUT2D eigenvalue weighted by Gasteiger charge is -2.25. The van der Waals surface area contributed by atoms with Crippen molar-refractivity contribution in [3.05, 3.63) is 115 Å². The smallest absolute Gasteiger partial charge is 0.330 e. The van der Waals surface area contributed by atoms with Crippen molar-refractivity contribution in [1.29, 1.82) is 0 Å². The molecule has 0 aliphatic heterocycles. The maximum atomic E-state index is 11.2. The normalized spacial score (nSPS) is 14.5. The SMILES string of the molecule is C=CC(=O)OCCCCCCOc1ccc(OC)cc1.CCCc1ccc(-c2ccc(OCC3CCC(C=O)CC3)cc2/C=N/N(CCOCCOC)CSc2ccccc2N)cc1. The molecule has 0 radical (unpaired) electrons. The van der Waals surface area contributed by atoms with Crippen molar-refractivity contribution >= 4 is 35.9 Å². The number of hydrogen-bond donors (Lipinski definition) is 1. The fourth-order valence-electron chi connectivity index (χ4n) is 6.97. The third kappa shape index (κ3) is 19.6. The second-order valence-electron chi connectivity index (χ2n) is 15.6. The quantitative estimate of drug-likeness (QED) is 0.00673. The molecule has 4 aromatic carbocycles. The molecular weight excluding hydrogens is 827 g/mol. The summed E-state index contributed by atoms with van der Waals surface area (Å²) in [4.78, 5) is 23.0. The van der Waals surface area contributed by atoms with Crippen molar-refractivity contribution in [2.45, 2.75) is 76.0 Å². The Morgan fingerprint density at radius 2 is 1.55 bits per heavy atom. The number of aldehydes is 1. The molecule has 11 nitrogen and oxygen atoms in total. The molecule has 1 saturated carbocycles. The van der Waals surface area contributed by atoms with Crippen LogP contribution >= 0.6 is 11.8 Å². The molecule has 1 aliphatic carbocycles. The predicted molar refractivity (Wildman–Crippen MR) is 260 cm³/mol. The van der Waals surface area contributed by atoms with Gasteiger partial charge in [0.15, 0.2) is 0 Å². The number of thioether (sulfide) groups is 1. The van der Waals surface area contributed by atoms with Crippen molar-refractivity contribution < 1.29 is 38.0 Å². The van der Waals surface area contributed by atoms with Crippen molar-refractivity contribution in [3.63, 3.8) is 0 Å². The molecule has 0 heterocycles. The highest BCUT2D eigenvalue weighted by molar-refractivity contribution is 7.99. The van der Waals surface area contributed by atoms with Crippen LogP contribution in [0.5, 0.6) is 17.2 Å². The largest absolute Gasteiger partial charge is 0.497 e. The van der Waals surface area contributed by atoms with Crippen LogP contribution in [0, 0.1) is 11.8 Å². The Bertz CT molecular complexity index is 1950. The van der Waals surface area contributed by atoms with E-state index in [-0.39, 0.29) is 11.9 Å². The van der Waals surface area contributed by atoms with E-state index >= 15 is 0 Å². The summed E-state index contributed by atoms with van der Waals surface area (Å²) in [5, 5.41) is 6.96. The highest BCUT2D eigenvalue weighted by Gasteiger charge is 2.21. The van der Waals surface area contributed by atoms with E-state index in [4.69, 9.17) is 39.3 Å². The molecule has 4 aromatic rings. The van der Waals surface area contributed by atoms with E-state index in [9.17, 15) is 9.59 Å². The molecule has 1 aliphatic rings. The standard InChI is InChI=1S/C36H47N3O4S.C16H22O4/c1-3-6-28-13-15-31(16-14-28)34-18-17-33(43-26-30-11-9-29(25-40)10-12-30)23-32(34)24-38-39(19-20-42-22-21-41-2)27-44-36-8-5-4-7-35(36)37;1-3-16(17)20-13-7-5-4-6-12-19-15-10-8-14(18-2)9-11-15/h4-5,7-8,13-18,23-25,29-30H,3,6,9-12,19-22,26-27,37H2,1-2H3;3,8-11H,1,4-7,12-13H2,2H3/b38-24+;. The van der Waals surface area contributed by atoms with E-state index in [1.54, 1.807) is 26.0 Å². The third-order valence-corrected chi connectivity index (χ3v) is 11.9. The number of aryl methyl sites for hydroxylation is 1. The van der Waals surface area contributed by atoms with Crippen molar-refractivity contribution in [3.8, 4) is 28.4 Å². The first kappa shape index (κ1) is 51.3. The van der Waals surface area contributed by atoms with E-state index in [0.717, 1.165) is 115 Å². The van der Waals surface area contributed by atoms with Gasteiger partial charge in [0.2, 0.25) is 0 Å². The summed E-state index contributed by atoms with van der Waals surface area (Å²) in [6.07, 6.45) is 14.3. The summed E-state index contributed by atoms with van der Waals surface area (Å²) in [6, 6.07) is 30.5. The topological polar surface area (TPSA) is 131 Å². The molecule has 346 valence electrons. The van der Waals surface area contributed by atoms with Gasteiger partial charge in [-0.15, -0.1) is 11.8 Å². The number of rotatable bonds is 28. The lowest BCUT2D eigenvalue weighted by Crippen LogP contribution is -2.23. The number of esters is 1. The molecule has 12 heteroatoms. The monoisotopic (exact) mass is 895 g/mol. The molecule has 64 heavy (non-hydrogen) atoms. The van der Waals surface area contributed by atoms with Crippen molar-refractivity contribution in [2.24, 2.45) is 16.9 Å². The number of hydrogen-bond acceptors (Lipinski definition) is 12. The number of methoxy groups -OCH3 is 2. The first-order chi connectivity index (χ1) is 31.3. The second kappa shape index (κ2) is 30.7. The molecule has 0 aromatic heterocycles.